The number of hydrogen-bond acceptors (Lipinski definition) is 2. The summed E-state index contributed by atoms with van der Waals surface area (Å²) in [7, 11) is -3.17. The summed E-state index contributed by atoms with van der Waals surface area (Å²) in [6.07, 6.45) is 2.13. The number of rotatable bonds is 7. The third-order valence-corrected chi connectivity index (χ3v) is 5.30. The maximum Gasteiger partial charge on any atom is 0.178 e. The van der Waals surface area contributed by atoms with E-state index in [9.17, 15) is 8.42 Å². The minimum atomic E-state index is -3.17. The van der Waals surface area contributed by atoms with Crippen LogP contribution in [0.15, 0.2) is 29.2 Å². The molecule has 0 aliphatic carbocycles. The number of halogens is 1. The van der Waals surface area contributed by atoms with Gasteiger partial charge in [-0.2, -0.15) is 0 Å². The fourth-order valence-electron chi connectivity index (χ4n) is 2.19. The van der Waals surface area contributed by atoms with Gasteiger partial charge in [-0.05, 0) is 36.8 Å². The van der Waals surface area contributed by atoms with E-state index in [0.29, 0.717) is 23.7 Å². The number of benzene rings is 1. The molecule has 0 saturated carbocycles. The highest BCUT2D eigenvalue weighted by atomic mass is 35.5. The van der Waals surface area contributed by atoms with Crippen LogP contribution in [0.2, 0.25) is 0 Å². The van der Waals surface area contributed by atoms with E-state index in [1.54, 1.807) is 12.1 Å². The fourth-order valence-corrected chi connectivity index (χ4v) is 4.30. The maximum absolute atomic E-state index is 12.2. The standard InChI is InChI=1S/C15H23ClO2S/c1-4-9-19(17,18)15-8-6-5-7-13(15)11-14(16)10-12(2)3/h5-8,12,14H,4,9-11H2,1-3H3. The second-order valence-corrected chi connectivity index (χ2v) is 8.05. The van der Waals surface area contributed by atoms with Gasteiger partial charge in [-0.1, -0.05) is 39.0 Å². The molecule has 1 atom stereocenters. The SMILES string of the molecule is CCCS(=O)(=O)c1ccccc1CC(Cl)CC(C)C. The zero-order valence-electron chi connectivity index (χ0n) is 11.9. The molecule has 0 bridgehead atoms. The summed E-state index contributed by atoms with van der Waals surface area (Å²) < 4.78 is 24.4. The van der Waals surface area contributed by atoms with E-state index < -0.39 is 9.84 Å². The Morgan fingerprint density at radius 1 is 1.21 bits per heavy atom. The van der Waals surface area contributed by atoms with Crippen molar-refractivity contribution in [2.45, 2.75) is 50.3 Å². The van der Waals surface area contributed by atoms with Crippen LogP contribution in [-0.4, -0.2) is 19.5 Å². The first-order valence-electron chi connectivity index (χ1n) is 6.81. The largest absolute Gasteiger partial charge is 0.224 e. The molecule has 108 valence electrons. The van der Waals surface area contributed by atoms with Crippen LogP contribution in [-0.2, 0) is 16.3 Å². The van der Waals surface area contributed by atoms with Crippen molar-refractivity contribution < 1.29 is 8.42 Å². The Balaban J connectivity index is 2.97. The van der Waals surface area contributed by atoms with Gasteiger partial charge >= 0.3 is 0 Å². The normalized spacial score (nSPS) is 13.7. The predicted octanol–water partition coefficient (Wildman–Crippen LogP) is 4.07. The highest BCUT2D eigenvalue weighted by Gasteiger charge is 2.19. The van der Waals surface area contributed by atoms with Crippen molar-refractivity contribution in [1.29, 1.82) is 0 Å². The second kappa shape index (κ2) is 7.30. The smallest absolute Gasteiger partial charge is 0.178 e. The average molecular weight is 303 g/mol. The Morgan fingerprint density at radius 3 is 2.42 bits per heavy atom. The van der Waals surface area contributed by atoms with Gasteiger partial charge in [0, 0.05) is 5.38 Å². The van der Waals surface area contributed by atoms with Gasteiger partial charge in [-0.25, -0.2) is 8.42 Å². The molecule has 0 aliphatic heterocycles. The molecule has 4 heteroatoms. The summed E-state index contributed by atoms with van der Waals surface area (Å²) >= 11 is 6.31. The van der Waals surface area contributed by atoms with Gasteiger partial charge in [0.1, 0.15) is 0 Å². The van der Waals surface area contributed by atoms with Gasteiger partial charge in [0.05, 0.1) is 10.6 Å². The van der Waals surface area contributed by atoms with Crippen molar-refractivity contribution in [3.8, 4) is 0 Å². The minimum absolute atomic E-state index is 0.0158. The first kappa shape index (κ1) is 16.5. The van der Waals surface area contributed by atoms with E-state index in [2.05, 4.69) is 13.8 Å². The maximum atomic E-state index is 12.2. The molecule has 0 radical (unpaired) electrons. The molecule has 1 aromatic carbocycles. The molecular formula is C15H23ClO2S. The van der Waals surface area contributed by atoms with Crippen molar-refractivity contribution in [1.82, 2.24) is 0 Å². The molecule has 0 N–H and O–H groups in total. The van der Waals surface area contributed by atoms with Gasteiger partial charge in [-0.3, -0.25) is 0 Å². The molecule has 0 amide bonds. The summed E-state index contributed by atoms with van der Waals surface area (Å²) in [5.41, 5.74) is 0.844. The highest BCUT2D eigenvalue weighted by Crippen LogP contribution is 2.23. The van der Waals surface area contributed by atoms with Crippen LogP contribution >= 0.6 is 11.6 Å². The van der Waals surface area contributed by atoms with Crippen LogP contribution in [0.25, 0.3) is 0 Å². The van der Waals surface area contributed by atoms with Crippen molar-refractivity contribution in [2.75, 3.05) is 5.75 Å². The molecule has 2 nitrogen and oxygen atoms in total. The first-order valence-corrected chi connectivity index (χ1v) is 8.90. The van der Waals surface area contributed by atoms with Crippen LogP contribution < -0.4 is 0 Å². The molecule has 0 heterocycles. The average Bonchev–Trinajstić information content (AvgIpc) is 2.28. The molecule has 1 rings (SSSR count). The van der Waals surface area contributed by atoms with Crippen LogP contribution in [0.3, 0.4) is 0 Å². The third kappa shape index (κ3) is 5.15. The minimum Gasteiger partial charge on any atom is -0.224 e. The zero-order chi connectivity index (χ0) is 14.5. The molecular weight excluding hydrogens is 280 g/mol. The zero-order valence-corrected chi connectivity index (χ0v) is 13.5. The predicted molar refractivity (Wildman–Crippen MR) is 81.6 cm³/mol. The summed E-state index contributed by atoms with van der Waals surface area (Å²) in [6, 6.07) is 7.22. The van der Waals surface area contributed by atoms with Crippen molar-refractivity contribution >= 4 is 21.4 Å². The Hall–Kier alpha value is -0.540. The monoisotopic (exact) mass is 302 g/mol. The van der Waals surface area contributed by atoms with Gasteiger partial charge in [0.15, 0.2) is 9.84 Å². The number of alkyl halides is 1. The van der Waals surface area contributed by atoms with Gasteiger partial charge in [0.2, 0.25) is 0 Å². The number of hydrogen-bond donors (Lipinski definition) is 0. The summed E-state index contributed by atoms with van der Waals surface area (Å²) in [6.45, 7) is 6.12. The van der Waals surface area contributed by atoms with E-state index in [4.69, 9.17) is 11.6 Å². The quantitative estimate of drug-likeness (QED) is 0.712. The Kier molecular flexibility index (Phi) is 6.34. The lowest BCUT2D eigenvalue weighted by Gasteiger charge is -2.15. The first-order chi connectivity index (χ1) is 8.86. The van der Waals surface area contributed by atoms with Crippen LogP contribution in [0.1, 0.15) is 39.2 Å². The highest BCUT2D eigenvalue weighted by molar-refractivity contribution is 7.91. The molecule has 0 fully saturated rings. The summed E-state index contributed by atoms with van der Waals surface area (Å²) in [4.78, 5) is 0.450. The third-order valence-electron chi connectivity index (χ3n) is 2.95. The van der Waals surface area contributed by atoms with Gasteiger partial charge < -0.3 is 0 Å². The van der Waals surface area contributed by atoms with E-state index >= 15 is 0 Å². The van der Waals surface area contributed by atoms with E-state index in [-0.39, 0.29) is 11.1 Å². The van der Waals surface area contributed by atoms with E-state index in [1.807, 2.05) is 19.1 Å². The second-order valence-electron chi connectivity index (χ2n) is 5.36. The molecule has 19 heavy (non-hydrogen) atoms. The molecule has 1 unspecified atom stereocenters. The molecule has 1 aromatic rings. The Morgan fingerprint density at radius 2 is 1.84 bits per heavy atom. The molecule has 0 aromatic heterocycles. The summed E-state index contributed by atoms with van der Waals surface area (Å²) in [5.74, 6) is 0.711. The van der Waals surface area contributed by atoms with Gasteiger partial charge in [0.25, 0.3) is 0 Å². The fraction of sp³-hybridized carbons (Fsp3) is 0.600. The van der Waals surface area contributed by atoms with E-state index in [0.717, 1.165) is 12.0 Å². The Labute approximate surface area is 122 Å². The molecule has 0 aliphatic rings. The van der Waals surface area contributed by atoms with Crippen molar-refractivity contribution in [3.05, 3.63) is 29.8 Å². The topological polar surface area (TPSA) is 34.1 Å². The van der Waals surface area contributed by atoms with E-state index in [1.165, 1.54) is 0 Å². The van der Waals surface area contributed by atoms with Crippen molar-refractivity contribution in [2.24, 2.45) is 5.92 Å². The van der Waals surface area contributed by atoms with Crippen LogP contribution in [0.4, 0.5) is 0 Å². The molecule has 0 spiro atoms. The Bertz CT molecular complexity index is 495. The lowest BCUT2D eigenvalue weighted by molar-refractivity contribution is 0.558. The van der Waals surface area contributed by atoms with Crippen LogP contribution in [0, 0.1) is 5.92 Å². The van der Waals surface area contributed by atoms with Crippen LogP contribution in [0.5, 0.6) is 0 Å². The van der Waals surface area contributed by atoms with Crippen molar-refractivity contribution in [3.63, 3.8) is 0 Å². The number of sulfone groups is 1. The molecule has 0 saturated heterocycles. The lowest BCUT2D eigenvalue weighted by Crippen LogP contribution is -2.13. The van der Waals surface area contributed by atoms with Gasteiger partial charge in [-0.15, -0.1) is 11.6 Å². The summed E-state index contributed by atoms with van der Waals surface area (Å²) in [5, 5.41) is -0.0158. The lowest BCUT2D eigenvalue weighted by atomic mass is 10.0.